The summed E-state index contributed by atoms with van der Waals surface area (Å²) in [5.74, 6) is 0.299. The Balaban J connectivity index is 1.82. The SMILES string of the molecule is O=[N+]([O-])c1ccc(Oc2ccc(Br)cc2CNNc2ccccc2)c([N+](=O)[O-])c1. The molecule has 0 atom stereocenters. The summed E-state index contributed by atoms with van der Waals surface area (Å²) in [4.78, 5) is 20.8. The Bertz CT molecular complexity index is 1050. The summed E-state index contributed by atoms with van der Waals surface area (Å²) in [6.07, 6.45) is 0. The van der Waals surface area contributed by atoms with Gasteiger partial charge in [-0.25, -0.2) is 5.43 Å². The van der Waals surface area contributed by atoms with Gasteiger partial charge in [-0.15, -0.1) is 0 Å². The Kier molecular flexibility index (Phi) is 6.37. The van der Waals surface area contributed by atoms with Crippen molar-refractivity contribution in [3.63, 3.8) is 0 Å². The maximum atomic E-state index is 11.3. The van der Waals surface area contributed by atoms with Crippen LogP contribution in [0.5, 0.6) is 11.5 Å². The summed E-state index contributed by atoms with van der Waals surface area (Å²) in [5.41, 5.74) is 6.83. The van der Waals surface area contributed by atoms with E-state index >= 15 is 0 Å². The van der Waals surface area contributed by atoms with Crippen LogP contribution in [0.3, 0.4) is 0 Å². The molecular formula is C19H15BrN4O5. The minimum absolute atomic E-state index is 0.0832. The molecule has 0 unspecified atom stereocenters. The maximum absolute atomic E-state index is 11.3. The molecule has 29 heavy (non-hydrogen) atoms. The van der Waals surface area contributed by atoms with E-state index in [4.69, 9.17) is 4.74 Å². The van der Waals surface area contributed by atoms with Crippen molar-refractivity contribution < 1.29 is 14.6 Å². The first kappa shape index (κ1) is 20.2. The minimum Gasteiger partial charge on any atom is -0.450 e. The first-order chi connectivity index (χ1) is 13.9. The molecule has 3 rings (SSSR count). The Morgan fingerprint density at radius 3 is 2.31 bits per heavy atom. The Morgan fingerprint density at radius 2 is 1.62 bits per heavy atom. The minimum atomic E-state index is -0.712. The van der Waals surface area contributed by atoms with Crippen LogP contribution in [0, 0.1) is 20.2 Å². The number of para-hydroxylation sites is 1. The molecule has 0 aliphatic rings. The number of hydrogen-bond acceptors (Lipinski definition) is 7. The van der Waals surface area contributed by atoms with E-state index in [1.54, 1.807) is 12.1 Å². The van der Waals surface area contributed by atoms with E-state index in [9.17, 15) is 20.2 Å². The number of benzene rings is 3. The van der Waals surface area contributed by atoms with E-state index in [0.29, 0.717) is 12.3 Å². The van der Waals surface area contributed by atoms with Gasteiger partial charge >= 0.3 is 5.69 Å². The van der Waals surface area contributed by atoms with Crippen molar-refractivity contribution in [2.75, 3.05) is 5.43 Å². The number of halogens is 1. The lowest BCUT2D eigenvalue weighted by Crippen LogP contribution is -2.21. The molecule has 0 aliphatic heterocycles. The second kappa shape index (κ2) is 9.13. The van der Waals surface area contributed by atoms with Gasteiger partial charge in [0.25, 0.3) is 5.69 Å². The summed E-state index contributed by atoms with van der Waals surface area (Å²) in [5, 5.41) is 22.2. The van der Waals surface area contributed by atoms with E-state index in [1.807, 2.05) is 36.4 Å². The molecule has 0 aromatic heterocycles. The Hall–Kier alpha value is -3.50. The summed E-state index contributed by atoms with van der Waals surface area (Å²) >= 11 is 3.39. The van der Waals surface area contributed by atoms with Crippen LogP contribution in [0.15, 0.2) is 71.2 Å². The molecule has 3 aromatic rings. The summed E-state index contributed by atoms with van der Waals surface area (Å²) < 4.78 is 6.55. The van der Waals surface area contributed by atoms with E-state index in [0.717, 1.165) is 27.9 Å². The van der Waals surface area contributed by atoms with E-state index in [-0.39, 0.29) is 11.4 Å². The number of anilines is 1. The van der Waals surface area contributed by atoms with Crippen LogP contribution >= 0.6 is 15.9 Å². The van der Waals surface area contributed by atoms with Gasteiger partial charge in [-0.3, -0.25) is 20.2 Å². The molecule has 0 fully saturated rings. The molecule has 0 spiro atoms. The molecule has 9 nitrogen and oxygen atoms in total. The normalized spacial score (nSPS) is 10.4. The molecule has 0 saturated carbocycles. The number of nitrogens with one attached hydrogen (secondary N) is 2. The molecule has 0 amide bonds. The van der Waals surface area contributed by atoms with Gasteiger partial charge in [-0.1, -0.05) is 34.1 Å². The van der Waals surface area contributed by atoms with Gasteiger partial charge in [0, 0.05) is 28.3 Å². The van der Waals surface area contributed by atoms with E-state index < -0.39 is 15.5 Å². The number of hydrogen-bond donors (Lipinski definition) is 2. The van der Waals surface area contributed by atoms with Crippen LogP contribution in [-0.2, 0) is 6.54 Å². The molecule has 10 heteroatoms. The Labute approximate surface area is 173 Å². The van der Waals surface area contributed by atoms with Gasteiger partial charge in [0.2, 0.25) is 5.75 Å². The molecule has 0 bridgehead atoms. The predicted octanol–water partition coefficient (Wildman–Crippen LogP) is 5.17. The van der Waals surface area contributed by atoms with Gasteiger partial charge in [0.15, 0.2) is 0 Å². The van der Waals surface area contributed by atoms with Gasteiger partial charge in [0.1, 0.15) is 5.75 Å². The second-order valence-electron chi connectivity index (χ2n) is 5.86. The molecule has 2 N–H and O–H groups in total. The van der Waals surface area contributed by atoms with Crippen molar-refractivity contribution in [2.45, 2.75) is 6.54 Å². The highest BCUT2D eigenvalue weighted by atomic mass is 79.9. The number of nitro groups is 2. The number of rotatable bonds is 8. The van der Waals surface area contributed by atoms with Crippen molar-refractivity contribution in [3.8, 4) is 11.5 Å². The largest absolute Gasteiger partial charge is 0.450 e. The van der Waals surface area contributed by atoms with Gasteiger partial charge in [-0.05, 0) is 36.4 Å². The highest BCUT2D eigenvalue weighted by molar-refractivity contribution is 9.10. The zero-order valence-electron chi connectivity index (χ0n) is 14.9. The number of nitrogens with zero attached hydrogens (tertiary/aromatic N) is 2. The number of non-ortho nitro benzene ring substituents is 1. The van der Waals surface area contributed by atoms with Crippen molar-refractivity contribution >= 4 is 33.0 Å². The standard InChI is InChI=1S/C19H15BrN4O5/c20-14-6-8-18(13(10-14)12-21-22-15-4-2-1-3-5-15)29-19-9-7-16(23(25)26)11-17(19)24(27)28/h1-11,21-22H,12H2. The van der Waals surface area contributed by atoms with Crippen LogP contribution < -0.4 is 15.6 Å². The number of ether oxygens (including phenoxy) is 1. The monoisotopic (exact) mass is 458 g/mol. The van der Waals surface area contributed by atoms with Crippen molar-refractivity contribution in [1.82, 2.24) is 5.43 Å². The van der Waals surface area contributed by atoms with Crippen LogP contribution in [0.2, 0.25) is 0 Å². The van der Waals surface area contributed by atoms with Crippen molar-refractivity contribution in [3.05, 3.63) is 97.0 Å². The quantitative estimate of drug-likeness (QED) is 0.352. The zero-order valence-corrected chi connectivity index (χ0v) is 16.5. The zero-order chi connectivity index (χ0) is 20.8. The molecular weight excluding hydrogens is 444 g/mol. The van der Waals surface area contributed by atoms with Gasteiger partial charge < -0.3 is 10.2 Å². The third-order valence-corrected chi connectivity index (χ3v) is 4.37. The lowest BCUT2D eigenvalue weighted by atomic mass is 10.2. The highest BCUT2D eigenvalue weighted by Gasteiger charge is 2.22. The fourth-order valence-corrected chi connectivity index (χ4v) is 2.92. The van der Waals surface area contributed by atoms with E-state index in [1.165, 1.54) is 6.07 Å². The van der Waals surface area contributed by atoms with Crippen LogP contribution in [0.25, 0.3) is 0 Å². The molecule has 0 saturated heterocycles. The molecule has 0 aliphatic carbocycles. The molecule has 3 aromatic carbocycles. The van der Waals surface area contributed by atoms with Crippen molar-refractivity contribution in [1.29, 1.82) is 0 Å². The lowest BCUT2D eigenvalue weighted by Gasteiger charge is -2.14. The van der Waals surface area contributed by atoms with Gasteiger partial charge in [-0.2, -0.15) is 0 Å². The summed E-state index contributed by atoms with van der Waals surface area (Å²) in [6.45, 7) is 0.352. The molecule has 0 heterocycles. The summed E-state index contributed by atoms with van der Waals surface area (Å²) in [6, 6.07) is 18.0. The van der Waals surface area contributed by atoms with Crippen LogP contribution in [0.4, 0.5) is 17.1 Å². The van der Waals surface area contributed by atoms with Crippen LogP contribution in [0.1, 0.15) is 5.56 Å². The molecule has 0 radical (unpaired) electrons. The maximum Gasteiger partial charge on any atom is 0.318 e. The summed E-state index contributed by atoms with van der Waals surface area (Å²) in [7, 11) is 0. The molecule has 148 valence electrons. The smallest absolute Gasteiger partial charge is 0.318 e. The number of hydrazine groups is 1. The number of nitro benzene ring substituents is 2. The first-order valence-electron chi connectivity index (χ1n) is 8.37. The average Bonchev–Trinajstić information content (AvgIpc) is 2.70. The predicted molar refractivity (Wildman–Crippen MR) is 111 cm³/mol. The third-order valence-electron chi connectivity index (χ3n) is 3.88. The Morgan fingerprint density at radius 1 is 0.897 bits per heavy atom. The second-order valence-corrected chi connectivity index (χ2v) is 6.78. The van der Waals surface area contributed by atoms with Gasteiger partial charge in [0.05, 0.1) is 15.9 Å². The fraction of sp³-hybridized carbons (Fsp3) is 0.0526. The highest BCUT2D eigenvalue weighted by Crippen LogP contribution is 2.36. The van der Waals surface area contributed by atoms with E-state index in [2.05, 4.69) is 26.8 Å². The van der Waals surface area contributed by atoms with Crippen molar-refractivity contribution in [2.24, 2.45) is 0 Å². The lowest BCUT2D eigenvalue weighted by molar-refractivity contribution is -0.394. The topological polar surface area (TPSA) is 120 Å². The third kappa shape index (κ3) is 5.27. The fourth-order valence-electron chi connectivity index (χ4n) is 2.52. The first-order valence-corrected chi connectivity index (χ1v) is 9.16. The average molecular weight is 459 g/mol. The van der Waals surface area contributed by atoms with Crippen LogP contribution in [-0.4, -0.2) is 9.85 Å².